The number of amides is 1. The quantitative estimate of drug-likeness (QED) is 0.321. The van der Waals surface area contributed by atoms with Crippen LogP contribution in [-0.2, 0) is 24.6 Å². The second kappa shape index (κ2) is 9.48. The molecule has 0 radical (unpaired) electrons. The van der Waals surface area contributed by atoms with Gasteiger partial charge in [0.2, 0.25) is 0 Å². The zero-order valence-electron chi connectivity index (χ0n) is 22.1. The number of benzene rings is 1. The van der Waals surface area contributed by atoms with Crippen LogP contribution >= 0.6 is 0 Å². The summed E-state index contributed by atoms with van der Waals surface area (Å²) in [4.78, 5) is 32.5. The number of fused-ring (bicyclic) bond motifs is 1. The van der Waals surface area contributed by atoms with Crippen LogP contribution in [0.1, 0.15) is 50.6 Å². The average molecular weight is 537 g/mol. The van der Waals surface area contributed by atoms with E-state index in [0.717, 1.165) is 23.0 Å². The van der Waals surface area contributed by atoms with E-state index < -0.39 is 17.5 Å². The van der Waals surface area contributed by atoms with Crippen LogP contribution in [0.2, 0.25) is 0 Å². The topological polar surface area (TPSA) is 86.0 Å². The van der Waals surface area contributed by atoms with Gasteiger partial charge in [-0.3, -0.25) is 14.7 Å². The number of hydrogen-bond donors (Lipinski definition) is 0. The van der Waals surface area contributed by atoms with Gasteiger partial charge in [0.05, 0.1) is 18.4 Å². The number of imidazole rings is 1. The number of anilines is 1. The summed E-state index contributed by atoms with van der Waals surface area (Å²) in [7, 11) is 1.52. The largest absolute Gasteiger partial charge is 0.472 e. The van der Waals surface area contributed by atoms with E-state index in [-0.39, 0.29) is 24.2 Å². The van der Waals surface area contributed by atoms with E-state index in [4.69, 9.17) is 9.72 Å². The third kappa shape index (κ3) is 4.96. The molecular weight excluding hydrogens is 509 g/mol. The van der Waals surface area contributed by atoms with Crippen LogP contribution in [0.5, 0.6) is 5.75 Å². The standard InChI is InChI=1S/C28H27F3N6O2/c1-16(2)22-19(7-6-12-32-22)23-33-13-20-25(35-23)37(26(38)27(3,4)39-20)14-17-8-10-18(11-9-17)24-34-21(15-36(24)5)28(29,30)31/h6-13,15-16H,14H2,1-5H3. The third-order valence-corrected chi connectivity index (χ3v) is 6.46. The van der Waals surface area contributed by atoms with Crippen LogP contribution in [0.3, 0.4) is 0 Å². The molecule has 0 saturated heterocycles. The predicted molar refractivity (Wildman–Crippen MR) is 139 cm³/mol. The minimum absolute atomic E-state index is 0.137. The normalized spacial score (nSPS) is 14.9. The first-order valence-corrected chi connectivity index (χ1v) is 12.4. The second-order valence-corrected chi connectivity index (χ2v) is 10.2. The SMILES string of the molecule is CC(C)c1ncccc1-c1ncc2c(n1)N(Cc1ccc(-c3nc(C(F)(F)F)cn3C)cc1)C(=O)C(C)(C)O2. The number of rotatable bonds is 5. The van der Waals surface area contributed by atoms with Gasteiger partial charge in [-0.25, -0.2) is 15.0 Å². The molecule has 1 aliphatic heterocycles. The maximum absolute atomic E-state index is 13.5. The summed E-state index contributed by atoms with van der Waals surface area (Å²) < 4.78 is 46.6. The maximum atomic E-state index is 13.5. The van der Waals surface area contributed by atoms with Crippen molar-refractivity contribution in [3.8, 4) is 28.5 Å². The molecule has 0 atom stereocenters. The molecule has 202 valence electrons. The zero-order chi connectivity index (χ0) is 28.1. The molecule has 0 fully saturated rings. The Labute approximate surface area is 223 Å². The summed E-state index contributed by atoms with van der Waals surface area (Å²) in [5.41, 5.74) is 0.789. The summed E-state index contributed by atoms with van der Waals surface area (Å²) in [6.07, 6.45) is -0.284. The van der Waals surface area contributed by atoms with Gasteiger partial charge in [-0.15, -0.1) is 0 Å². The lowest BCUT2D eigenvalue weighted by molar-refractivity contribution is -0.141. The highest BCUT2D eigenvalue weighted by Crippen LogP contribution is 2.39. The van der Waals surface area contributed by atoms with Crippen molar-refractivity contribution in [3.05, 3.63) is 71.9 Å². The van der Waals surface area contributed by atoms with Gasteiger partial charge in [-0.05, 0) is 37.5 Å². The van der Waals surface area contributed by atoms with E-state index >= 15 is 0 Å². The molecular formula is C28H27F3N6O2. The molecule has 4 heterocycles. The number of carbonyl (C=O) groups is 1. The molecule has 0 spiro atoms. The van der Waals surface area contributed by atoms with E-state index in [0.29, 0.717) is 23.0 Å². The maximum Gasteiger partial charge on any atom is 0.434 e. The Morgan fingerprint density at radius 1 is 1.05 bits per heavy atom. The van der Waals surface area contributed by atoms with Gasteiger partial charge in [0.15, 0.2) is 28.7 Å². The lowest BCUT2D eigenvalue weighted by Crippen LogP contribution is -2.52. The minimum atomic E-state index is -4.53. The summed E-state index contributed by atoms with van der Waals surface area (Å²) in [5, 5.41) is 0. The molecule has 0 unspecified atom stereocenters. The zero-order valence-corrected chi connectivity index (χ0v) is 22.1. The number of hydrogen-bond acceptors (Lipinski definition) is 6. The molecule has 1 amide bonds. The molecule has 11 heteroatoms. The molecule has 0 saturated carbocycles. The number of halogens is 3. The van der Waals surface area contributed by atoms with Crippen LogP contribution in [-0.4, -0.2) is 36.0 Å². The van der Waals surface area contributed by atoms with Crippen molar-refractivity contribution in [2.45, 2.75) is 51.9 Å². The van der Waals surface area contributed by atoms with Gasteiger partial charge in [0.1, 0.15) is 5.82 Å². The van der Waals surface area contributed by atoms with Crippen molar-refractivity contribution in [2.75, 3.05) is 4.90 Å². The van der Waals surface area contributed by atoms with Gasteiger partial charge in [-0.1, -0.05) is 38.1 Å². The number of pyridine rings is 1. The average Bonchev–Trinajstić information content (AvgIpc) is 3.29. The third-order valence-electron chi connectivity index (χ3n) is 6.46. The van der Waals surface area contributed by atoms with Crippen molar-refractivity contribution in [2.24, 2.45) is 7.05 Å². The first-order chi connectivity index (χ1) is 18.3. The molecule has 39 heavy (non-hydrogen) atoms. The van der Waals surface area contributed by atoms with E-state index in [2.05, 4.69) is 15.0 Å². The number of aromatic nitrogens is 5. The monoisotopic (exact) mass is 536 g/mol. The Bertz CT molecular complexity index is 1540. The van der Waals surface area contributed by atoms with Gasteiger partial charge in [0.25, 0.3) is 5.91 Å². The van der Waals surface area contributed by atoms with Gasteiger partial charge in [0, 0.05) is 30.6 Å². The lowest BCUT2D eigenvalue weighted by Gasteiger charge is -2.37. The summed E-state index contributed by atoms with van der Waals surface area (Å²) in [6.45, 7) is 7.60. The first-order valence-electron chi connectivity index (χ1n) is 12.4. The summed E-state index contributed by atoms with van der Waals surface area (Å²) in [6, 6.07) is 10.6. The number of nitrogens with zero attached hydrogens (tertiary/aromatic N) is 6. The highest BCUT2D eigenvalue weighted by atomic mass is 19.4. The number of alkyl halides is 3. The van der Waals surface area contributed by atoms with Crippen molar-refractivity contribution in [1.82, 2.24) is 24.5 Å². The highest BCUT2D eigenvalue weighted by molar-refractivity contribution is 6.01. The Morgan fingerprint density at radius 2 is 1.77 bits per heavy atom. The Kier molecular flexibility index (Phi) is 6.40. The predicted octanol–water partition coefficient (Wildman–Crippen LogP) is 5.79. The number of ether oxygens (including phenoxy) is 1. The summed E-state index contributed by atoms with van der Waals surface area (Å²) in [5.74, 6) is 1.19. The molecule has 1 aliphatic rings. The molecule has 4 aromatic rings. The lowest BCUT2D eigenvalue weighted by atomic mass is 10.0. The van der Waals surface area contributed by atoms with E-state index in [1.807, 2.05) is 26.0 Å². The fourth-order valence-corrected chi connectivity index (χ4v) is 4.52. The molecule has 3 aromatic heterocycles. The van der Waals surface area contributed by atoms with Crippen molar-refractivity contribution in [3.63, 3.8) is 0 Å². The molecule has 0 N–H and O–H groups in total. The smallest absolute Gasteiger partial charge is 0.434 e. The van der Waals surface area contributed by atoms with E-state index in [1.165, 1.54) is 11.6 Å². The fourth-order valence-electron chi connectivity index (χ4n) is 4.52. The molecule has 1 aromatic carbocycles. The molecule has 0 aliphatic carbocycles. The Morgan fingerprint density at radius 3 is 2.41 bits per heavy atom. The van der Waals surface area contributed by atoms with Crippen LogP contribution in [0.4, 0.5) is 19.0 Å². The number of aryl methyl sites for hydroxylation is 1. The van der Waals surface area contributed by atoms with Crippen molar-refractivity contribution >= 4 is 11.7 Å². The van der Waals surface area contributed by atoms with E-state index in [1.54, 1.807) is 55.4 Å². The highest BCUT2D eigenvalue weighted by Gasteiger charge is 2.42. The number of carbonyl (C=O) groups excluding carboxylic acids is 1. The van der Waals surface area contributed by atoms with Gasteiger partial charge >= 0.3 is 6.18 Å². The van der Waals surface area contributed by atoms with Gasteiger partial charge in [-0.2, -0.15) is 13.2 Å². The van der Waals surface area contributed by atoms with Crippen LogP contribution in [0.15, 0.2) is 55.0 Å². The second-order valence-electron chi connectivity index (χ2n) is 10.2. The fraction of sp³-hybridized carbons (Fsp3) is 0.321. The first kappa shape index (κ1) is 26.3. The van der Waals surface area contributed by atoms with Crippen LogP contribution < -0.4 is 9.64 Å². The molecule has 5 rings (SSSR count). The van der Waals surface area contributed by atoms with Crippen LogP contribution in [0.25, 0.3) is 22.8 Å². The molecule has 8 nitrogen and oxygen atoms in total. The van der Waals surface area contributed by atoms with E-state index in [9.17, 15) is 18.0 Å². The summed E-state index contributed by atoms with van der Waals surface area (Å²) >= 11 is 0. The van der Waals surface area contributed by atoms with Crippen molar-refractivity contribution < 1.29 is 22.7 Å². The van der Waals surface area contributed by atoms with Crippen LogP contribution in [0, 0.1) is 0 Å². The van der Waals surface area contributed by atoms with Gasteiger partial charge < -0.3 is 9.30 Å². The Hall–Kier alpha value is -4.28. The molecule has 0 bridgehead atoms. The minimum Gasteiger partial charge on any atom is -0.472 e. The Balaban J connectivity index is 1.49. The van der Waals surface area contributed by atoms with Crippen molar-refractivity contribution in [1.29, 1.82) is 0 Å².